The van der Waals surface area contributed by atoms with E-state index in [0.717, 1.165) is 11.8 Å². The Morgan fingerprint density at radius 2 is 2.00 bits per heavy atom. The van der Waals surface area contributed by atoms with Crippen molar-refractivity contribution in [3.05, 3.63) is 0 Å². The average Bonchev–Trinajstić information content (AvgIpc) is 2.05. The minimum absolute atomic E-state index is 0.0408. The molecule has 0 spiro atoms. The maximum atomic E-state index is 7.27. The highest BCUT2D eigenvalue weighted by Gasteiger charge is 2.06. The number of nitrogens with one attached hydrogen (secondary N) is 1. The Labute approximate surface area is 81.2 Å². The minimum atomic E-state index is -0.348. The van der Waals surface area contributed by atoms with Crippen LogP contribution < -0.4 is 11.5 Å². The molecule has 0 saturated carbocycles. The Morgan fingerprint density at radius 3 is 2.38 bits per heavy atom. The van der Waals surface area contributed by atoms with Gasteiger partial charge < -0.3 is 20.9 Å². The molecule has 0 atom stereocenters. The first-order valence-corrected chi connectivity index (χ1v) is 4.45. The van der Waals surface area contributed by atoms with Crippen LogP contribution in [0.15, 0.2) is 4.99 Å². The van der Waals surface area contributed by atoms with Crippen molar-refractivity contribution < 1.29 is 9.47 Å². The Morgan fingerprint density at radius 1 is 1.46 bits per heavy atom. The van der Waals surface area contributed by atoms with Crippen LogP contribution in [0.25, 0.3) is 0 Å². The lowest BCUT2D eigenvalue weighted by Gasteiger charge is -2.11. The fourth-order valence-corrected chi connectivity index (χ4v) is 1.26. The highest BCUT2D eigenvalue weighted by Crippen LogP contribution is 2.07. The van der Waals surface area contributed by atoms with Gasteiger partial charge in [0.25, 0.3) is 0 Å². The summed E-state index contributed by atoms with van der Waals surface area (Å²) in [6.45, 7) is 0. The number of aliphatic imine (C=N–C) groups is 1. The molecule has 0 aliphatic rings. The first-order chi connectivity index (χ1) is 6.10. The van der Waals surface area contributed by atoms with Crippen LogP contribution in [0.4, 0.5) is 0 Å². The predicted molar refractivity (Wildman–Crippen MR) is 53.8 cm³/mol. The molecule has 0 amide bonds. The monoisotopic (exact) mass is 206 g/mol. The normalized spacial score (nSPS) is 10.1. The van der Waals surface area contributed by atoms with E-state index in [4.69, 9.17) is 26.4 Å². The lowest BCUT2D eigenvalue weighted by atomic mass is 10.7. The summed E-state index contributed by atoms with van der Waals surface area (Å²) in [7, 11) is 3.05. The van der Waals surface area contributed by atoms with Gasteiger partial charge in [-0.25, -0.2) is 0 Å². The molecule has 0 radical (unpaired) electrons. The van der Waals surface area contributed by atoms with E-state index in [0.29, 0.717) is 5.75 Å². The van der Waals surface area contributed by atoms with Gasteiger partial charge in [0, 0.05) is 14.2 Å². The second-order valence-electron chi connectivity index (χ2n) is 2.05. The first kappa shape index (κ1) is 12.2. The van der Waals surface area contributed by atoms with Gasteiger partial charge in [0.2, 0.25) is 0 Å². The van der Waals surface area contributed by atoms with E-state index in [1.54, 1.807) is 0 Å². The number of nitrogens with two attached hydrogens (primary N) is 2. The van der Waals surface area contributed by atoms with Crippen LogP contribution in [0, 0.1) is 5.41 Å². The largest absolute Gasteiger partial charge is 0.370 e. The molecular formula is C6H14N4O2S. The van der Waals surface area contributed by atoms with Crippen molar-refractivity contribution in [3.63, 3.8) is 0 Å². The molecule has 6 nitrogen and oxygen atoms in total. The molecule has 0 aliphatic carbocycles. The number of hydrogen-bond donors (Lipinski definition) is 3. The van der Waals surface area contributed by atoms with Crippen molar-refractivity contribution in [1.82, 2.24) is 0 Å². The zero-order valence-electron chi connectivity index (χ0n) is 7.61. The standard InChI is InChI=1S/C6H14N4O2S/c1-11-4(12-2)3-13-6(9)10-5(7)8/h4H,3H2,1-2H3,(H5,7,8,9,10). The summed E-state index contributed by atoms with van der Waals surface area (Å²) in [4.78, 5) is 3.53. The molecule has 0 aromatic heterocycles. The maximum Gasteiger partial charge on any atom is 0.193 e. The highest BCUT2D eigenvalue weighted by molar-refractivity contribution is 8.13. The van der Waals surface area contributed by atoms with Gasteiger partial charge in [-0.1, -0.05) is 11.8 Å². The van der Waals surface area contributed by atoms with Crippen LogP contribution in [0.2, 0.25) is 0 Å². The van der Waals surface area contributed by atoms with Gasteiger partial charge in [0.1, 0.15) is 0 Å². The summed E-state index contributed by atoms with van der Waals surface area (Å²) in [5.41, 5.74) is 10.2. The van der Waals surface area contributed by atoms with Crippen molar-refractivity contribution in [3.8, 4) is 0 Å². The second kappa shape index (κ2) is 6.70. The first-order valence-electron chi connectivity index (χ1n) is 3.46. The number of guanidine groups is 1. The van der Waals surface area contributed by atoms with Gasteiger partial charge in [-0.05, 0) is 0 Å². The van der Waals surface area contributed by atoms with Gasteiger partial charge in [-0.15, -0.1) is 0 Å². The zero-order valence-corrected chi connectivity index (χ0v) is 8.43. The Balaban J connectivity index is 3.75. The number of methoxy groups -OCH3 is 2. The van der Waals surface area contributed by atoms with E-state index in [9.17, 15) is 0 Å². The summed E-state index contributed by atoms with van der Waals surface area (Å²) in [5, 5.41) is 7.31. The summed E-state index contributed by atoms with van der Waals surface area (Å²) in [6, 6.07) is 0. The average molecular weight is 206 g/mol. The molecular weight excluding hydrogens is 192 g/mol. The molecule has 0 heterocycles. The van der Waals surface area contributed by atoms with Gasteiger partial charge in [0.15, 0.2) is 17.4 Å². The number of amidine groups is 1. The summed E-state index contributed by atoms with van der Waals surface area (Å²) in [6.07, 6.45) is -0.348. The van der Waals surface area contributed by atoms with E-state index in [-0.39, 0.29) is 17.4 Å². The second-order valence-corrected chi connectivity index (χ2v) is 3.06. The van der Waals surface area contributed by atoms with Crippen molar-refractivity contribution in [2.24, 2.45) is 16.5 Å². The summed E-state index contributed by atoms with van der Waals surface area (Å²) >= 11 is 1.15. The van der Waals surface area contributed by atoms with Crippen LogP contribution >= 0.6 is 11.8 Å². The van der Waals surface area contributed by atoms with E-state index in [1.165, 1.54) is 14.2 Å². The van der Waals surface area contributed by atoms with Crippen LogP contribution in [-0.2, 0) is 9.47 Å². The minimum Gasteiger partial charge on any atom is -0.370 e. The number of thioether (sulfide) groups is 1. The third kappa shape index (κ3) is 6.38. The van der Waals surface area contributed by atoms with Crippen molar-refractivity contribution in [2.45, 2.75) is 6.29 Å². The number of hydrogen-bond acceptors (Lipinski definition) is 4. The molecule has 0 aliphatic heterocycles. The molecule has 0 aromatic carbocycles. The molecule has 0 unspecified atom stereocenters. The smallest absolute Gasteiger partial charge is 0.193 e. The molecule has 7 heteroatoms. The number of rotatable bonds is 4. The van der Waals surface area contributed by atoms with Crippen LogP contribution in [-0.4, -0.2) is 37.4 Å². The summed E-state index contributed by atoms with van der Waals surface area (Å²) in [5.74, 6) is 0.353. The molecule has 13 heavy (non-hydrogen) atoms. The molecule has 76 valence electrons. The van der Waals surface area contributed by atoms with Gasteiger partial charge in [0.05, 0.1) is 5.75 Å². The number of nitrogens with zero attached hydrogens (tertiary/aromatic N) is 1. The van der Waals surface area contributed by atoms with Crippen molar-refractivity contribution in [1.29, 1.82) is 5.41 Å². The number of ether oxygens (including phenoxy) is 2. The summed E-state index contributed by atoms with van der Waals surface area (Å²) < 4.78 is 9.81. The van der Waals surface area contributed by atoms with E-state index in [1.807, 2.05) is 0 Å². The van der Waals surface area contributed by atoms with Gasteiger partial charge in [-0.2, -0.15) is 4.99 Å². The molecule has 0 bridgehead atoms. The Kier molecular flexibility index (Phi) is 6.29. The predicted octanol–water partition coefficient (Wildman–Crippen LogP) is -0.453. The van der Waals surface area contributed by atoms with E-state index < -0.39 is 0 Å². The van der Waals surface area contributed by atoms with E-state index >= 15 is 0 Å². The fraction of sp³-hybridized carbons (Fsp3) is 0.667. The fourth-order valence-electron chi connectivity index (χ4n) is 0.529. The Bertz CT molecular complexity index is 189. The lowest BCUT2D eigenvalue weighted by molar-refractivity contribution is -0.0841. The van der Waals surface area contributed by atoms with Gasteiger partial charge >= 0.3 is 0 Å². The maximum absolute atomic E-state index is 7.27. The van der Waals surface area contributed by atoms with E-state index in [2.05, 4.69) is 4.99 Å². The Hall–Kier alpha value is -0.790. The van der Waals surface area contributed by atoms with Crippen LogP contribution in [0.3, 0.4) is 0 Å². The molecule has 0 fully saturated rings. The quantitative estimate of drug-likeness (QED) is 0.328. The third-order valence-corrected chi connectivity index (χ3v) is 1.92. The van der Waals surface area contributed by atoms with Crippen molar-refractivity contribution >= 4 is 22.9 Å². The zero-order chi connectivity index (χ0) is 10.3. The molecule has 0 saturated heterocycles. The van der Waals surface area contributed by atoms with Gasteiger partial charge in [-0.3, -0.25) is 5.41 Å². The van der Waals surface area contributed by atoms with Crippen molar-refractivity contribution in [2.75, 3.05) is 20.0 Å². The molecule has 0 rings (SSSR count). The topological polar surface area (TPSA) is 107 Å². The van der Waals surface area contributed by atoms with Crippen LogP contribution in [0.5, 0.6) is 0 Å². The highest BCUT2D eigenvalue weighted by atomic mass is 32.2. The third-order valence-electron chi connectivity index (χ3n) is 1.11. The molecule has 0 aromatic rings. The van der Waals surface area contributed by atoms with Crippen LogP contribution in [0.1, 0.15) is 0 Å². The molecule has 5 N–H and O–H groups in total. The SMILES string of the molecule is COC(CSC(=N)N=C(N)N)OC. The lowest BCUT2D eigenvalue weighted by Crippen LogP contribution is -2.24.